The van der Waals surface area contributed by atoms with Gasteiger partial charge in [0.25, 0.3) is 5.91 Å². The van der Waals surface area contributed by atoms with Crippen molar-refractivity contribution in [2.75, 3.05) is 19.8 Å². The third-order valence-electron chi connectivity index (χ3n) is 7.44. The molecule has 2 N–H and O–H groups in total. The number of pyridine rings is 1. The van der Waals surface area contributed by atoms with Gasteiger partial charge in [-0.25, -0.2) is 0 Å². The fourth-order valence-electron chi connectivity index (χ4n) is 6.12. The summed E-state index contributed by atoms with van der Waals surface area (Å²) in [5.41, 5.74) is 0.300. The average molecular weight is 449 g/mol. The average Bonchev–Trinajstić information content (AvgIpc) is 3.49. The summed E-state index contributed by atoms with van der Waals surface area (Å²) < 4.78 is 11.4. The van der Waals surface area contributed by atoms with E-state index in [4.69, 9.17) is 9.47 Å². The van der Waals surface area contributed by atoms with Gasteiger partial charge in [-0.3, -0.25) is 14.6 Å². The van der Waals surface area contributed by atoms with Crippen molar-refractivity contribution in [1.29, 1.82) is 0 Å². The molecule has 33 heavy (non-hydrogen) atoms. The van der Waals surface area contributed by atoms with Gasteiger partial charge in [0.05, 0.1) is 36.8 Å². The molecule has 0 bridgehead atoms. The van der Waals surface area contributed by atoms with Crippen molar-refractivity contribution in [2.24, 2.45) is 11.8 Å². The van der Waals surface area contributed by atoms with E-state index in [1.54, 1.807) is 25.3 Å². The van der Waals surface area contributed by atoms with Crippen molar-refractivity contribution >= 4 is 11.9 Å². The highest BCUT2D eigenvalue weighted by Crippen LogP contribution is 2.59. The van der Waals surface area contributed by atoms with Crippen molar-refractivity contribution in [3.05, 3.63) is 77.1 Å². The van der Waals surface area contributed by atoms with Crippen molar-refractivity contribution in [1.82, 2.24) is 10.3 Å². The molecule has 7 heteroatoms. The molecule has 2 heterocycles. The Bertz CT molecular complexity index is 1090. The Balaban J connectivity index is 1.68. The van der Waals surface area contributed by atoms with E-state index >= 15 is 0 Å². The summed E-state index contributed by atoms with van der Waals surface area (Å²) in [5.74, 6) is -1.89. The third kappa shape index (κ3) is 3.30. The fraction of sp³-hybridized carbons (Fsp3) is 0.423. The van der Waals surface area contributed by atoms with Gasteiger partial charge in [0, 0.05) is 18.3 Å². The molecule has 1 aromatic carbocycles. The molecule has 4 atom stereocenters. The zero-order valence-corrected chi connectivity index (χ0v) is 18.6. The van der Waals surface area contributed by atoms with Crippen LogP contribution in [0.5, 0.6) is 0 Å². The second-order valence-corrected chi connectivity index (χ2v) is 8.98. The number of carbonyl (C=O) groups is 2. The van der Waals surface area contributed by atoms with Crippen LogP contribution in [0.15, 0.2) is 66.0 Å². The Hall–Kier alpha value is -3.03. The number of hydrogen-bond acceptors (Lipinski definition) is 6. The van der Waals surface area contributed by atoms with E-state index in [2.05, 4.69) is 10.3 Å². The molecular formula is C26H28N2O5. The number of esters is 1. The molecule has 1 amide bonds. The minimum absolute atomic E-state index is 0.202. The largest absolute Gasteiger partial charge is 0.466 e. The Morgan fingerprint density at radius 2 is 1.97 bits per heavy atom. The molecule has 7 nitrogen and oxygen atoms in total. The quantitative estimate of drug-likeness (QED) is 0.539. The minimum Gasteiger partial charge on any atom is -0.466 e. The Kier molecular flexibility index (Phi) is 5.54. The molecule has 0 saturated heterocycles. The number of ether oxygens (including phenoxy) is 2. The van der Waals surface area contributed by atoms with Crippen LogP contribution < -0.4 is 5.32 Å². The normalized spacial score (nSPS) is 30.5. The van der Waals surface area contributed by atoms with E-state index < -0.39 is 23.0 Å². The first kappa shape index (κ1) is 21.8. The van der Waals surface area contributed by atoms with Crippen molar-refractivity contribution in [3.63, 3.8) is 0 Å². The lowest BCUT2D eigenvalue weighted by molar-refractivity contribution is -0.164. The topological polar surface area (TPSA) is 97.8 Å². The molecule has 0 spiro atoms. The molecular weight excluding hydrogens is 420 g/mol. The highest BCUT2D eigenvalue weighted by molar-refractivity contribution is 5.95. The summed E-state index contributed by atoms with van der Waals surface area (Å²) in [7, 11) is 0. The predicted octanol–water partition coefficient (Wildman–Crippen LogP) is 2.76. The second-order valence-electron chi connectivity index (χ2n) is 8.98. The number of amides is 1. The second kappa shape index (κ2) is 8.39. The standard InChI is InChI=1S/C26H28N2O5/c1-2-33-24(30)22-19-11-6-12-25(19,28-23(29)17-8-7-13-27-14-17)20-15-32-16-21(20)26(22,31)18-9-4-3-5-10-18/h3-5,7-10,13-14,19,22,31H,2,6,11-12,15-16H2,1H3,(H,28,29)/t19-,22+,25-,26-/m0/s1. The van der Waals surface area contributed by atoms with Gasteiger partial charge in [-0.1, -0.05) is 36.8 Å². The number of aromatic nitrogens is 1. The van der Waals surface area contributed by atoms with Crippen molar-refractivity contribution < 1.29 is 24.2 Å². The lowest BCUT2D eigenvalue weighted by Crippen LogP contribution is -2.63. The van der Waals surface area contributed by atoms with Crippen LogP contribution in [0.25, 0.3) is 0 Å². The SMILES string of the molecule is CCOC(=O)[C@H]1[C@@H]2CCC[C@@]2(NC(=O)c2cccnc2)C2=C(COC2)[C@@]1(O)c1ccccc1. The van der Waals surface area contributed by atoms with Crippen LogP contribution in [0, 0.1) is 11.8 Å². The molecule has 5 rings (SSSR count). The van der Waals surface area contributed by atoms with Gasteiger partial charge in [0.15, 0.2) is 0 Å². The van der Waals surface area contributed by atoms with Crippen LogP contribution in [-0.4, -0.2) is 47.3 Å². The van der Waals surface area contributed by atoms with E-state index in [0.717, 1.165) is 12.0 Å². The summed E-state index contributed by atoms with van der Waals surface area (Å²) in [6.45, 7) is 2.49. The maximum atomic E-state index is 13.4. The Morgan fingerprint density at radius 3 is 2.70 bits per heavy atom. The smallest absolute Gasteiger partial charge is 0.312 e. The van der Waals surface area contributed by atoms with E-state index in [1.807, 2.05) is 30.3 Å². The number of fused-ring (bicyclic) bond motifs is 2. The number of hydrogen-bond donors (Lipinski definition) is 2. The first-order chi connectivity index (χ1) is 16.0. The lowest BCUT2D eigenvalue weighted by atomic mass is 9.57. The van der Waals surface area contributed by atoms with Crippen LogP contribution in [0.4, 0.5) is 0 Å². The van der Waals surface area contributed by atoms with Crippen LogP contribution in [-0.2, 0) is 19.9 Å². The maximum Gasteiger partial charge on any atom is 0.312 e. The number of carbonyl (C=O) groups excluding carboxylic acids is 2. The van der Waals surface area contributed by atoms with Gasteiger partial charge >= 0.3 is 5.97 Å². The number of rotatable bonds is 5. The van der Waals surface area contributed by atoms with E-state index in [9.17, 15) is 14.7 Å². The summed E-state index contributed by atoms with van der Waals surface area (Å²) in [5, 5.41) is 15.6. The first-order valence-corrected chi connectivity index (χ1v) is 11.5. The number of benzene rings is 1. The van der Waals surface area contributed by atoms with Gasteiger partial charge in [0.1, 0.15) is 5.60 Å². The first-order valence-electron chi connectivity index (χ1n) is 11.5. The van der Waals surface area contributed by atoms with E-state index in [-0.39, 0.29) is 25.0 Å². The molecule has 1 aromatic heterocycles. The number of nitrogens with zero attached hydrogens (tertiary/aromatic N) is 1. The molecule has 3 aliphatic rings. The maximum absolute atomic E-state index is 13.4. The number of aliphatic hydroxyl groups is 1. The van der Waals surface area contributed by atoms with Crippen LogP contribution >= 0.6 is 0 Å². The molecule has 2 aliphatic carbocycles. The monoisotopic (exact) mass is 448 g/mol. The fourth-order valence-corrected chi connectivity index (χ4v) is 6.12. The van der Waals surface area contributed by atoms with Gasteiger partial charge in [0.2, 0.25) is 0 Å². The zero-order chi connectivity index (χ0) is 23.1. The van der Waals surface area contributed by atoms with E-state index in [0.29, 0.717) is 36.1 Å². The van der Waals surface area contributed by atoms with Crippen molar-refractivity contribution in [2.45, 2.75) is 37.3 Å². The predicted molar refractivity (Wildman–Crippen MR) is 120 cm³/mol. The lowest BCUT2D eigenvalue weighted by Gasteiger charge is -2.51. The summed E-state index contributed by atoms with van der Waals surface area (Å²) >= 11 is 0. The molecule has 172 valence electrons. The summed E-state index contributed by atoms with van der Waals surface area (Å²) in [4.78, 5) is 30.8. The van der Waals surface area contributed by atoms with Gasteiger partial charge < -0.3 is 19.9 Å². The third-order valence-corrected chi connectivity index (χ3v) is 7.44. The Labute approximate surface area is 192 Å². The molecule has 2 aromatic rings. The van der Waals surface area contributed by atoms with Gasteiger partial charge in [-0.2, -0.15) is 0 Å². The van der Waals surface area contributed by atoms with Crippen LogP contribution in [0.3, 0.4) is 0 Å². The Morgan fingerprint density at radius 1 is 1.18 bits per heavy atom. The van der Waals surface area contributed by atoms with Crippen molar-refractivity contribution in [3.8, 4) is 0 Å². The molecule has 0 radical (unpaired) electrons. The van der Waals surface area contributed by atoms with Gasteiger partial charge in [-0.05, 0) is 48.6 Å². The van der Waals surface area contributed by atoms with Crippen LogP contribution in [0.2, 0.25) is 0 Å². The molecule has 1 fully saturated rings. The number of nitrogens with one attached hydrogen (secondary N) is 1. The summed E-state index contributed by atoms with van der Waals surface area (Å²) in [6, 6.07) is 12.7. The molecule has 1 aliphatic heterocycles. The molecule has 0 unspecified atom stereocenters. The highest BCUT2D eigenvalue weighted by atomic mass is 16.5. The zero-order valence-electron chi connectivity index (χ0n) is 18.6. The van der Waals surface area contributed by atoms with Gasteiger partial charge in [-0.15, -0.1) is 0 Å². The minimum atomic E-state index is -1.56. The molecule has 1 saturated carbocycles. The van der Waals surface area contributed by atoms with Crippen LogP contribution in [0.1, 0.15) is 42.1 Å². The summed E-state index contributed by atoms with van der Waals surface area (Å²) in [6.07, 6.45) is 5.32. The van der Waals surface area contributed by atoms with E-state index in [1.165, 1.54) is 6.20 Å². The highest BCUT2D eigenvalue weighted by Gasteiger charge is 2.65.